The van der Waals surface area contributed by atoms with Crippen LogP contribution in [0.3, 0.4) is 0 Å². The molecule has 0 radical (unpaired) electrons. The van der Waals surface area contributed by atoms with E-state index in [9.17, 15) is 19.4 Å². The number of nitrogens with zero attached hydrogens (tertiary/aromatic N) is 3. The minimum atomic E-state index is -1.13. The van der Waals surface area contributed by atoms with Gasteiger partial charge in [0.1, 0.15) is 28.1 Å². The van der Waals surface area contributed by atoms with E-state index in [1.54, 1.807) is 32.2 Å². The quantitative estimate of drug-likeness (QED) is 0.485. The van der Waals surface area contributed by atoms with E-state index in [1.807, 2.05) is 12.1 Å². The number of halogens is 1. The number of aliphatic hydroxyl groups is 1. The Labute approximate surface area is 189 Å². The van der Waals surface area contributed by atoms with Crippen LogP contribution in [0.2, 0.25) is 0 Å². The van der Waals surface area contributed by atoms with E-state index >= 15 is 0 Å². The average Bonchev–Trinajstić information content (AvgIpc) is 3.28. The van der Waals surface area contributed by atoms with Crippen molar-refractivity contribution in [1.82, 2.24) is 15.0 Å². The molecule has 0 aliphatic heterocycles. The highest BCUT2D eigenvalue weighted by atomic mass is 32.1. The fourth-order valence-electron chi connectivity index (χ4n) is 4.08. The SMILES string of the molecule is Cc1cc(Nc2cccc(-c3cnc([C@](C)(O)C4CCC(C(=O)O)CC4)s3)n2)ncc1F. The lowest BCUT2D eigenvalue weighted by atomic mass is 9.74. The van der Waals surface area contributed by atoms with Crippen molar-refractivity contribution in [2.45, 2.75) is 45.1 Å². The molecule has 7 nitrogen and oxygen atoms in total. The first-order valence-corrected chi connectivity index (χ1v) is 11.3. The summed E-state index contributed by atoms with van der Waals surface area (Å²) >= 11 is 1.38. The van der Waals surface area contributed by atoms with E-state index in [1.165, 1.54) is 17.5 Å². The molecule has 1 atom stereocenters. The van der Waals surface area contributed by atoms with Gasteiger partial charge in [0.25, 0.3) is 0 Å². The number of aromatic nitrogens is 3. The van der Waals surface area contributed by atoms with E-state index < -0.39 is 11.6 Å². The summed E-state index contributed by atoms with van der Waals surface area (Å²) in [6, 6.07) is 7.12. The van der Waals surface area contributed by atoms with E-state index in [4.69, 9.17) is 0 Å². The highest BCUT2D eigenvalue weighted by molar-refractivity contribution is 7.15. The zero-order valence-electron chi connectivity index (χ0n) is 17.9. The summed E-state index contributed by atoms with van der Waals surface area (Å²) in [6.07, 6.45) is 5.31. The number of hydrogen-bond acceptors (Lipinski definition) is 7. The number of thiazole rings is 1. The lowest BCUT2D eigenvalue weighted by Crippen LogP contribution is -2.35. The maximum absolute atomic E-state index is 13.5. The molecular weight excluding hydrogens is 431 g/mol. The molecule has 3 aromatic heterocycles. The van der Waals surface area contributed by atoms with Crippen molar-refractivity contribution in [2.75, 3.05) is 5.32 Å². The first kappa shape index (κ1) is 22.3. The number of aliphatic carboxylic acids is 1. The second-order valence-electron chi connectivity index (χ2n) is 8.42. The number of carboxylic acids is 1. The van der Waals surface area contributed by atoms with Crippen LogP contribution in [0.4, 0.5) is 16.0 Å². The van der Waals surface area contributed by atoms with E-state index in [2.05, 4.69) is 20.3 Å². The Bertz CT molecular complexity index is 1130. The maximum atomic E-state index is 13.5. The number of aryl methyl sites for hydroxylation is 1. The van der Waals surface area contributed by atoms with Gasteiger partial charge in [0, 0.05) is 6.20 Å². The molecule has 1 aliphatic rings. The highest BCUT2D eigenvalue weighted by Crippen LogP contribution is 2.43. The number of nitrogens with one attached hydrogen (secondary N) is 1. The van der Waals surface area contributed by atoms with E-state index in [0.717, 1.165) is 4.88 Å². The van der Waals surface area contributed by atoms with Gasteiger partial charge in [-0.25, -0.2) is 19.3 Å². The highest BCUT2D eigenvalue weighted by Gasteiger charge is 2.40. The number of carboxylic acid groups (broad SMARTS) is 1. The Hall–Kier alpha value is -2.91. The zero-order chi connectivity index (χ0) is 22.9. The molecule has 1 aliphatic carbocycles. The number of hydrogen-bond donors (Lipinski definition) is 3. The number of anilines is 2. The molecule has 0 amide bonds. The van der Waals surface area contributed by atoms with Crippen molar-refractivity contribution < 1.29 is 19.4 Å². The van der Waals surface area contributed by atoms with Crippen molar-refractivity contribution in [3.8, 4) is 10.6 Å². The monoisotopic (exact) mass is 456 g/mol. The molecule has 0 saturated heterocycles. The van der Waals surface area contributed by atoms with Gasteiger partial charge in [0.15, 0.2) is 0 Å². The number of carbonyl (C=O) groups is 1. The maximum Gasteiger partial charge on any atom is 0.306 e. The molecule has 0 bridgehead atoms. The van der Waals surface area contributed by atoms with Gasteiger partial charge >= 0.3 is 5.97 Å². The lowest BCUT2D eigenvalue weighted by molar-refractivity contribution is -0.144. The van der Waals surface area contributed by atoms with Gasteiger partial charge in [-0.3, -0.25) is 4.79 Å². The summed E-state index contributed by atoms with van der Waals surface area (Å²) in [5.74, 6) is -0.421. The van der Waals surface area contributed by atoms with Crippen LogP contribution in [0, 0.1) is 24.6 Å². The predicted molar refractivity (Wildman–Crippen MR) is 120 cm³/mol. The number of rotatable bonds is 6. The molecule has 32 heavy (non-hydrogen) atoms. The third-order valence-corrected chi connectivity index (χ3v) is 7.36. The smallest absolute Gasteiger partial charge is 0.306 e. The largest absolute Gasteiger partial charge is 0.481 e. The van der Waals surface area contributed by atoms with Crippen LogP contribution >= 0.6 is 11.3 Å². The Morgan fingerprint density at radius 1 is 1.19 bits per heavy atom. The molecule has 3 N–H and O–H groups in total. The van der Waals surface area contributed by atoms with Gasteiger partial charge in [-0.1, -0.05) is 6.07 Å². The Balaban J connectivity index is 1.50. The lowest BCUT2D eigenvalue weighted by Gasteiger charge is -2.35. The van der Waals surface area contributed by atoms with Gasteiger partial charge in [-0.2, -0.15) is 0 Å². The summed E-state index contributed by atoms with van der Waals surface area (Å²) in [5, 5.41) is 24.1. The minimum Gasteiger partial charge on any atom is -0.481 e. The molecular formula is C23H25FN4O3S. The normalized spacial score (nSPS) is 20.5. The van der Waals surface area contributed by atoms with Crippen LogP contribution < -0.4 is 5.32 Å². The van der Waals surface area contributed by atoms with Crippen LogP contribution in [0.5, 0.6) is 0 Å². The Kier molecular flexibility index (Phi) is 6.21. The van der Waals surface area contributed by atoms with Gasteiger partial charge in [0.05, 0.1) is 22.7 Å². The summed E-state index contributed by atoms with van der Waals surface area (Å²) in [5.41, 5.74) is 0.0611. The predicted octanol–water partition coefficient (Wildman–Crippen LogP) is 4.89. The summed E-state index contributed by atoms with van der Waals surface area (Å²) in [6.45, 7) is 3.43. The fraction of sp³-hybridized carbons (Fsp3) is 0.391. The minimum absolute atomic E-state index is 0.0362. The Morgan fingerprint density at radius 2 is 1.94 bits per heavy atom. The topological polar surface area (TPSA) is 108 Å². The molecule has 3 aromatic rings. The first-order valence-electron chi connectivity index (χ1n) is 10.5. The fourth-order valence-corrected chi connectivity index (χ4v) is 5.09. The van der Waals surface area contributed by atoms with Gasteiger partial charge in [0.2, 0.25) is 0 Å². The van der Waals surface area contributed by atoms with E-state index in [0.29, 0.717) is 53.6 Å². The molecule has 1 fully saturated rings. The Morgan fingerprint density at radius 3 is 2.62 bits per heavy atom. The first-order chi connectivity index (χ1) is 15.2. The second kappa shape index (κ2) is 8.91. The third kappa shape index (κ3) is 4.63. The van der Waals surface area contributed by atoms with Crippen molar-refractivity contribution in [2.24, 2.45) is 11.8 Å². The molecule has 9 heteroatoms. The van der Waals surface area contributed by atoms with Crippen LogP contribution in [0.1, 0.15) is 43.2 Å². The van der Waals surface area contributed by atoms with Crippen molar-refractivity contribution in [1.29, 1.82) is 0 Å². The average molecular weight is 457 g/mol. The molecule has 168 valence electrons. The molecule has 0 aromatic carbocycles. The summed E-state index contributed by atoms with van der Waals surface area (Å²) < 4.78 is 13.5. The van der Waals surface area contributed by atoms with Crippen LogP contribution in [-0.4, -0.2) is 31.1 Å². The standard InChI is InChI=1S/C23H25FN4O3S/c1-13-10-20(25-11-16(13)24)28-19-5-3-4-17(27-19)18-12-26-22(32-18)23(2,31)15-8-6-14(7-9-15)21(29)30/h3-5,10-12,14-15,31H,6-9H2,1-2H3,(H,29,30)(H,25,27,28)/t14?,15?,23-/m1/s1. The third-order valence-electron chi connectivity index (χ3n) is 6.11. The van der Waals surface area contributed by atoms with Gasteiger partial charge < -0.3 is 15.5 Å². The van der Waals surface area contributed by atoms with Crippen molar-refractivity contribution >= 4 is 28.9 Å². The molecule has 0 spiro atoms. The summed E-state index contributed by atoms with van der Waals surface area (Å²) in [4.78, 5) is 25.1. The van der Waals surface area contributed by atoms with Gasteiger partial charge in [-0.05, 0) is 69.2 Å². The van der Waals surface area contributed by atoms with Crippen LogP contribution in [-0.2, 0) is 10.4 Å². The van der Waals surface area contributed by atoms with E-state index in [-0.39, 0.29) is 17.7 Å². The van der Waals surface area contributed by atoms with Crippen LogP contribution in [0.15, 0.2) is 36.7 Å². The van der Waals surface area contributed by atoms with Gasteiger partial charge in [-0.15, -0.1) is 11.3 Å². The molecule has 3 heterocycles. The second-order valence-corrected chi connectivity index (χ2v) is 9.45. The van der Waals surface area contributed by atoms with Crippen molar-refractivity contribution in [3.05, 3.63) is 53.0 Å². The number of pyridine rings is 2. The summed E-state index contributed by atoms with van der Waals surface area (Å²) in [7, 11) is 0. The molecule has 4 rings (SSSR count). The van der Waals surface area contributed by atoms with Crippen molar-refractivity contribution in [3.63, 3.8) is 0 Å². The molecule has 0 unspecified atom stereocenters. The zero-order valence-corrected chi connectivity index (χ0v) is 18.7. The van der Waals surface area contributed by atoms with Crippen LogP contribution in [0.25, 0.3) is 10.6 Å². The molecule has 1 saturated carbocycles.